The molecule has 2 aliphatic rings. The number of anilines is 1. The second kappa shape index (κ2) is 5.21. The van der Waals surface area contributed by atoms with Gasteiger partial charge in [0.05, 0.1) is 38.7 Å². The Balaban J connectivity index is 1.56. The predicted molar refractivity (Wildman–Crippen MR) is 71.3 cm³/mol. The van der Waals surface area contributed by atoms with Crippen LogP contribution in [-0.4, -0.2) is 38.7 Å². The fourth-order valence-electron chi connectivity index (χ4n) is 2.82. The number of quaternary nitrogens is 1. The van der Waals surface area contributed by atoms with E-state index < -0.39 is 5.97 Å². The molecular weight excluding hydrogens is 240 g/mol. The summed E-state index contributed by atoms with van der Waals surface area (Å²) in [5.74, 6) is -0.117. The number of carbonyl (C=O) groups is 1. The van der Waals surface area contributed by atoms with Crippen LogP contribution in [0.4, 0.5) is 5.69 Å². The zero-order chi connectivity index (χ0) is 13.2. The summed E-state index contributed by atoms with van der Waals surface area (Å²) in [6.45, 7) is 5.86. The van der Waals surface area contributed by atoms with Crippen molar-refractivity contribution in [1.82, 2.24) is 0 Å². The first kappa shape index (κ1) is 12.5. The third-order valence-electron chi connectivity index (χ3n) is 4.21. The number of carboxylic acid groups (broad SMARTS) is 1. The van der Waals surface area contributed by atoms with Crippen LogP contribution in [0, 0.1) is 5.92 Å². The topological polar surface area (TPSA) is 47.8 Å². The van der Waals surface area contributed by atoms with Crippen molar-refractivity contribution in [3.8, 4) is 0 Å². The molecule has 0 amide bonds. The third-order valence-corrected chi connectivity index (χ3v) is 4.21. The number of benzene rings is 1. The largest absolute Gasteiger partial charge is 0.545 e. The van der Waals surface area contributed by atoms with Crippen LogP contribution in [0.25, 0.3) is 0 Å². The lowest BCUT2D eigenvalue weighted by Crippen LogP contribution is -3.15. The minimum absolute atomic E-state index is 0.252. The molecule has 1 aromatic rings. The van der Waals surface area contributed by atoms with E-state index in [1.54, 1.807) is 17.0 Å². The van der Waals surface area contributed by atoms with Gasteiger partial charge in [0, 0.05) is 11.6 Å². The molecule has 4 heteroatoms. The van der Waals surface area contributed by atoms with Gasteiger partial charge in [0.25, 0.3) is 0 Å². The normalized spacial score (nSPS) is 20.5. The van der Waals surface area contributed by atoms with Crippen molar-refractivity contribution in [2.24, 2.45) is 5.92 Å². The Bertz CT molecular complexity index is 446. The summed E-state index contributed by atoms with van der Waals surface area (Å²) in [5.41, 5.74) is 1.37. The van der Waals surface area contributed by atoms with Crippen molar-refractivity contribution in [3.05, 3.63) is 29.8 Å². The van der Waals surface area contributed by atoms with E-state index in [1.807, 2.05) is 12.1 Å². The van der Waals surface area contributed by atoms with Crippen molar-refractivity contribution in [2.75, 3.05) is 37.6 Å². The summed E-state index contributed by atoms with van der Waals surface area (Å²) in [5, 5.41) is 10.7. The number of rotatable bonds is 4. The first-order valence-electron chi connectivity index (χ1n) is 7.12. The highest BCUT2D eigenvalue weighted by molar-refractivity contribution is 5.86. The minimum atomic E-state index is -1.11. The average molecular weight is 260 g/mol. The van der Waals surface area contributed by atoms with E-state index >= 15 is 0 Å². The SMILES string of the molecule is O=C([O-])c1ccc(N2CC[NH+](CC3CC3)CC2)cc1. The minimum Gasteiger partial charge on any atom is -0.545 e. The van der Waals surface area contributed by atoms with E-state index in [4.69, 9.17) is 0 Å². The Labute approximate surface area is 113 Å². The summed E-state index contributed by atoms with van der Waals surface area (Å²) < 4.78 is 0. The van der Waals surface area contributed by atoms with E-state index in [0.717, 1.165) is 24.7 Å². The zero-order valence-electron chi connectivity index (χ0n) is 11.1. The summed E-state index contributed by atoms with van der Waals surface area (Å²) in [6, 6.07) is 7.04. The number of hydrogen-bond donors (Lipinski definition) is 1. The van der Waals surface area contributed by atoms with Crippen LogP contribution in [0.15, 0.2) is 24.3 Å². The van der Waals surface area contributed by atoms with Gasteiger partial charge < -0.3 is 19.7 Å². The molecule has 0 aromatic heterocycles. The number of nitrogens with one attached hydrogen (secondary N) is 1. The summed E-state index contributed by atoms with van der Waals surface area (Å²) in [6.07, 6.45) is 2.86. The first-order chi connectivity index (χ1) is 9.22. The summed E-state index contributed by atoms with van der Waals surface area (Å²) in [7, 11) is 0. The van der Waals surface area contributed by atoms with Gasteiger partial charge in [0.2, 0.25) is 0 Å². The Morgan fingerprint density at radius 2 is 1.84 bits per heavy atom. The quantitative estimate of drug-likeness (QED) is 0.768. The van der Waals surface area contributed by atoms with Gasteiger partial charge in [0.15, 0.2) is 0 Å². The molecule has 1 saturated heterocycles. The number of carbonyl (C=O) groups excluding carboxylic acids is 1. The maximum Gasteiger partial charge on any atom is 0.0949 e. The standard InChI is InChI=1S/C15H20N2O2/c18-15(19)13-3-5-14(6-4-13)17-9-7-16(8-10-17)11-12-1-2-12/h3-6,12H,1-2,7-11H2,(H,18,19). The molecule has 19 heavy (non-hydrogen) atoms. The first-order valence-corrected chi connectivity index (χ1v) is 7.12. The fraction of sp³-hybridized carbons (Fsp3) is 0.533. The maximum absolute atomic E-state index is 10.7. The van der Waals surface area contributed by atoms with Crippen LogP contribution < -0.4 is 14.9 Å². The Morgan fingerprint density at radius 1 is 1.21 bits per heavy atom. The Morgan fingerprint density at radius 3 is 2.37 bits per heavy atom. The molecule has 0 unspecified atom stereocenters. The second-order valence-corrected chi connectivity index (χ2v) is 5.72. The van der Waals surface area contributed by atoms with Crippen molar-refractivity contribution >= 4 is 11.7 Å². The Hall–Kier alpha value is -1.55. The monoisotopic (exact) mass is 260 g/mol. The van der Waals surface area contributed by atoms with Gasteiger partial charge >= 0.3 is 0 Å². The van der Waals surface area contributed by atoms with Gasteiger partial charge in [-0.15, -0.1) is 0 Å². The van der Waals surface area contributed by atoms with Gasteiger partial charge in [-0.2, -0.15) is 0 Å². The van der Waals surface area contributed by atoms with E-state index in [9.17, 15) is 9.90 Å². The summed E-state index contributed by atoms with van der Waals surface area (Å²) >= 11 is 0. The molecule has 1 aromatic carbocycles. The number of piperazine rings is 1. The number of aromatic carboxylic acids is 1. The van der Waals surface area contributed by atoms with E-state index in [1.165, 1.54) is 32.5 Å². The molecule has 0 radical (unpaired) electrons. The van der Waals surface area contributed by atoms with Gasteiger partial charge in [-0.05, 0) is 30.5 Å². The predicted octanol–water partition coefficient (Wildman–Crippen LogP) is -0.835. The van der Waals surface area contributed by atoms with Crippen molar-refractivity contribution in [1.29, 1.82) is 0 Å². The van der Waals surface area contributed by atoms with Gasteiger partial charge in [-0.25, -0.2) is 0 Å². The van der Waals surface area contributed by atoms with Crippen LogP contribution in [0.2, 0.25) is 0 Å². The maximum atomic E-state index is 10.7. The van der Waals surface area contributed by atoms with Crippen LogP contribution in [0.3, 0.4) is 0 Å². The molecule has 102 valence electrons. The molecule has 1 aliphatic carbocycles. The molecule has 1 N–H and O–H groups in total. The van der Waals surface area contributed by atoms with E-state index in [0.29, 0.717) is 0 Å². The third kappa shape index (κ3) is 3.07. The van der Waals surface area contributed by atoms with Gasteiger partial charge in [-0.1, -0.05) is 12.1 Å². The average Bonchev–Trinajstić information content (AvgIpc) is 3.24. The lowest BCUT2D eigenvalue weighted by molar-refractivity contribution is -0.902. The Kier molecular flexibility index (Phi) is 3.42. The molecular formula is C15H20N2O2. The van der Waals surface area contributed by atoms with Gasteiger partial charge in [0.1, 0.15) is 0 Å². The number of nitrogens with zero attached hydrogens (tertiary/aromatic N) is 1. The summed E-state index contributed by atoms with van der Waals surface area (Å²) in [4.78, 5) is 14.8. The van der Waals surface area contributed by atoms with Gasteiger partial charge in [-0.3, -0.25) is 0 Å². The molecule has 0 spiro atoms. The van der Waals surface area contributed by atoms with Crippen LogP contribution in [0.1, 0.15) is 23.2 Å². The van der Waals surface area contributed by atoms with Crippen molar-refractivity contribution < 1.29 is 14.8 Å². The number of carboxylic acids is 1. The fourth-order valence-corrected chi connectivity index (χ4v) is 2.82. The highest BCUT2D eigenvalue weighted by Gasteiger charge is 2.29. The molecule has 2 fully saturated rings. The lowest BCUT2D eigenvalue weighted by atomic mass is 10.2. The molecule has 1 saturated carbocycles. The van der Waals surface area contributed by atoms with Crippen molar-refractivity contribution in [3.63, 3.8) is 0 Å². The molecule has 0 atom stereocenters. The highest BCUT2D eigenvalue weighted by atomic mass is 16.4. The van der Waals surface area contributed by atoms with Crippen LogP contribution in [-0.2, 0) is 0 Å². The molecule has 3 rings (SSSR count). The number of hydrogen-bond acceptors (Lipinski definition) is 3. The smallest absolute Gasteiger partial charge is 0.0949 e. The zero-order valence-corrected chi connectivity index (χ0v) is 11.1. The van der Waals surface area contributed by atoms with Crippen molar-refractivity contribution in [2.45, 2.75) is 12.8 Å². The van der Waals surface area contributed by atoms with E-state index in [2.05, 4.69) is 4.90 Å². The van der Waals surface area contributed by atoms with Crippen LogP contribution in [0.5, 0.6) is 0 Å². The molecule has 0 bridgehead atoms. The molecule has 1 heterocycles. The molecule has 4 nitrogen and oxygen atoms in total. The molecule has 1 aliphatic heterocycles. The van der Waals surface area contributed by atoms with E-state index in [-0.39, 0.29) is 5.56 Å². The van der Waals surface area contributed by atoms with Crippen LogP contribution >= 0.6 is 0 Å². The highest BCUT2D eigenvalue weighted by Crippen LogP contribution is 2.26. The lowest BCUT2D eigenvalue weighted by Gasteiger charge is -2.33. The second-order valence-electron chi connectivity index (χ2n) is 5.72.